The summed E-state index contributed by atoms with van der Waals surface area (Å²) in [4.78, 5) is 27.3. The Morgan fingerprint density at radius 1 is 0.906 bits per heavy atom. The highest BCUT2D eigenvalue weighted by atomic mass is 16.6. The average Bonchev–Trinajstić information content (AvgIpc) is 2.84. The van der Waals surface area contributed by atoms with Gasteiger partial charge in [-0.3, -0.25) is 9.80 Å². The molecule has 5 nitrogen and oxygen atoms in total. The predicted octanol–water partition coefficient (Wildman–Crippen LogP) is 5.54. The molecule has 0 bridgehead atoms. The molecule has 0 aliphatic carbocycles. The number of carbonyl (C=O) groups excluding carboxylic acids is 2. The third kappa shape index (κ3) is 3.19. The summed E-state index contributed by atoms with van der Waals surface area (Å²) in [5.41, 5.74) is 4.68. The summed E-state index contributed by atoms with van der Waals surface area (Å²) >= 11 is 0. The van der Waals surface area contributed by atoms with Crippen LogP contribution < -0.4 is 0 Å². The minimum atomic E-state index is -0.843. The van der Waals surface area contributed by atoms with Crippen molar-refractivity contribution in [3.8, 4) is 0 Å². The second kappa shape index (κ2) is 8.19. The van der Waals surface area contributed by atoms with Crippen LogP contribution in [0.1, 0.15) is 35.2 Å². The van der Waals surface area contributed by atoms with E-state index in [1.165, 1.54) is 5.01 Å². The van der Waals surface area contributed by atoms with Gasteiger partial charge in [-0.2, -0.15) is 5.01 Å². The molecule has 0 fully saturated rings. The first kappa shape index (κ1) is 19.8. The fourth-order valence-corrected chi connectivity index (χ4v) is 4.32. The number of nitrogens with zero attached hydrogens (tertiary/aromatic N) is 2. The number of carbonyl (C=O) groups is 2. The van der Waals surface area contributed by atoms with Gasteiger partial charge in [0.15, 0.2) is 5.78 Å². The SMILES string of the molecule is CCOC(=O)N1C(c2ccccc2)C(=O)C(c2ccccc2)=C2c3ccccc3C=CN21. The lowest BCUT2D eigenvalue weighted by molar-refractivity contribution is -0.123. The number of ketones is 1. The van der Waals surface area contributed by atoms with Crippen molar-refractivity contribution in [1.29, 1.82) is 0 Å². The van der Waals surface area contributed by atoms with Crippen molar-refractivity contribution in [3.05, 3.63) is 113 Å². The van der Waals surface area contributed by atoms with Crippen molar-refractivity contribution in [2.75, 3.05) is 6.61 Å². The van der Waals surface area contributed by atoms with Crippen LogP contribution in [-0.2, 0) is 9.53 Å². The molecule has 158 valence electrons. The zero-order valence-electron chi connectivity index (χ0n) is 17.6. The molecule has 0 radical (unpaired) electrons. The molecule has 0 aromatic heterocycles. The predicted molar refractivity (Wildman–Crippen MR) is 124 cm³/mol. The van der Waals surface area contributed by atoms with Gasteiger partial charge in [-0.05, 0) is 29.7 Å². The number of rotatable bonds is 3. The van der Waals surface area contributed by atoms with E-state index in [9.17, 15) is 9.59 Å². The molecule has 5 rings (SSSR count). The number of Topliss-reactive ketones (excluding diaryl/α,β-unsaturated/α-hetero) is 1. The topological polar surface area (TPSA) is 49.9 Å². The molecule has 2 aliphatic heterocycles. The Hall–Kier alpha value is -4.12. The normalized spacial score (nSPS) is 17.2. The number of hydrogen-bond donors (Lipinski definition) is 0. The molecule has 1 atom stereocenters. The third-order valence-electron chi connectivity index (χ3n) is 5.68. The number of fused-ring (bicyclic) bond motifs is 3. The van der Waals surface area contributed by atoms with Crippen molar-refractivity contribution < 1.29 is 14.3 Å². The molecule has 5 heteroatoms. The molecule has 32 heavy (non-hydrogen) atoms. The van der Waals surface area contributed by atoms with E-state index in [-0.39, 0.29) is 12.4 Å². The zero-order valence-corrected chi connectivity index (χ0v) is 17.6. The Balaban J connectivity index is 1.81. The van der Waals surface area contributed by atoms with E-state index in [4.69, 9.17) is 4.74 Å². The molecule has 0 saturated heterocycles. The van der Waals surface area contributed by atoms with Gasteiger partial charge in [0.2, 0.25) is 0 Å². The number of hydrogen-bond acceptors (Lipinski definition) is 4. The Morgan fingerprint density at radius 2 is 1.56 bits per heavy atom. The van der Waals surface area contributed by atoms with E-state index in [0.29, 0.717) is 11.3 Å². The summed E-state index contributed by atoms with van der Waals surface area (Å²) in [7, 11) is 0. The van der Waals surface area contributed by atoms with Crippen LogP contribution in [0.25, 0.3) is 17.3 Å². The van der Waals surface area contributed by atoms with Gasteiger partial charge in [-0.1, -0.05) is 84.9 Å². The highest BCUT2D eigenvalue weighted by Gasteiger charge is 2.45. The monoisotopic (exact) mass is 422 g/mol. The van der Waals surface area contributed by atoms with Crippen molar-refractivity contribution in [2.24, 2.45) is 0 Å². The fraction of sp³-hybridized carbons (Fsp3) is 0.111. The van der Waals surface area contributed by atoms with Crippen LogP contribution in [0, 0.1) is 0 Å². The zero-order chi connectivity index (χ0) is 22.1. The molecule has 1 amide bonds. The second-order valence-corrected chi connectivity index (χ2v) is 7.56. The highest BCUT2D eigenvalue weighted by molar-refractivity contribution is 6.31. The number of amides is 1. The van der Waals surface area contributed by atoms with Gasteiger partial charge in [-0.15, -0.1) is 0 Å². The molecule has 3 aromatic carbocycles. The van der Waals surface area contributed by atoms with E-state index in [1.807, 2.05) is 97.2 Å². The van der Waals surface area contributed by atoms with Gasteiger partial charge in [-0.25, -0.2) is 4.79 Å². The maximum Gasteiger partial charge on any atom is 0.430 e. The van der Waals surface area contributed by atoms with Crippen molar-refractivity contribution in [1.82, 2.24) is 10.0 Å². The van der Waals surface area contributed by atoms with Crippen LogP contribution in [-0.4, -0.2) is 28.5 Å². The van der Waals surface area contributed by atoms with Crippen molar-refractivity contribution >= 4 is 29.2 Å². The molecule has 0 saturated carbocycles. The molecule has 2 aliphatic rings. The summed E-state index contributed by atoms with van der Waals surface area (Å²) in [6, 6.07) is 26.0. The Morgan fingerprint density at radius 3 is 2.28 bits per heavy atom. The van der Waals surface area contributed by atoms with Gasteiger partial charge >= 0.3 is 6.09 Å². The van der Waals surface area contributed by atoms with Gasteiger partial charge in [0, 0.05) is 11.8 Å². The lowest BCUT2D eigenvalue weighted by atomic mass is 9.85. The Kier molecular flexibility index (Phi) is 5.07. The van der Waals surface area contributed by atoms with Gasteiger partial charge in [0.1, 0.15) is 6.04 Å². The molecule has 0 N–H and O–H groups in total. The summed E-state index contributed by atoms with van der Waals surface area (Å²) < 4.78 is 5.40. The standard InChI is InChI=1S/C27H22N2O3/c1-2-32-27(31)29-24(21-14-7-4-8-15-21)26(30)23(20-12-5-3-6-13-20)25-22-16-10-9-11-19(22)17-18-28(25)29/h3-18,24H,2H2,1H3. The quantitative estimate of drug-likeness (QED) is 0.556. The minimum Gasteiger partial charge on any atom is -0.448 e. The van der Waals surface area contributed by atoms with Crippen molar-refractivity contribution in [3.63, 3.8) is 0 Å². The second-order valence-electron chi connectivity index (χ2n) is 7.56. The number of benzene rings is 3. The smallest absolute Gasteiger partial charge is 0.430 e. The van der Waals surface area contributed by atoms with Crippen LogP contribution in [0.15, 0.2) is 91.1 Å². The number of ether oxygens (including phenoxy) is 1. The molecule has 3 aromatic rings. The Bertz CT molecular complexity index is 1230. The molecule has 1 unspecified atom stereocenters. The maximum absolute atomic E-state index is 14.2. The van der Waals surface area contributed by atoms with E-state index in [1.54, 1.807) is 11.9 Å². The maximum atomic E-state index is 14.2. The van der Waals surface area contributed by atoms with Crippen LogP contribution in [0.5, 0.6) is 0 Å². The van der Waals surface area contributed by atoms with Crippen LogP contribution >= 0.6 is 0 Å². The first-order chi connectivity index (χ1) is 15.7. The summed E-state index contributed by atoms with van der Waals surface area (Å²) in [5.74, 6) is -0.146. The third-order valence-corrected chi connectivity index (χ3v) is 5.68. The van der Waals surface area contributed by atoms with Crippen LogP contribution in [0.4, 0.5) is 4.79 Å². The lowest BCUT2D eigenvalue weighted by Crippen LogP contribution is -2.52. The van der Waals surface area contributed by atoms with E-state index in [2.05, 4.69) is 0 Å². The number of hydrazine groups is 1. The molecular weight excluding hydrogens is 400 g/mol. The van der Waals surface area contributed by atoms with Crippen molar-refractivity contribution in [2.45, 2.75) is 13.0 Å². The highest BCUT2D eigenvalue weighted by Crippen LogP contribution is 2.45. The Labute approximate surface area is 186 Å². The molecular formula is C27H22N2O3. The largest absolute Gasteiger partial charge is 0.448 e. The minimum absolute atomic E-state index is 0.146. The van der Waals surface area contributed by atoms with Gasteiger partial charge in [0.05, 0.1) is 17.9 Å². The summed E-state index contributed by atoms with van der Waals surface area (Å²) in [5, 5.41) is 3.19. The first-order valence-corrected chi connectivity index (χ1v) is 10.6. The van der Waals surface area contributed by atoms with Gasteiger partial charge < -0.3 is 4.74 Å². The average molecular weight is 422 g/mol. The van der Waals surface area contributed by atoms with Gasteiger partial charge in [0.25, 0.3) is 0 Å². The molecule has 0 spiro atoms. The molecule has 2 heterocycles. The fourth-order valence-electron chi connectivity index (χ4n) is 4.32. The van der Waals surface area contributed by atoms with E-state index >= 15 is 0 Å². The summed E-state index contributed by atoms with van der Waals surface area (Å²) in [6.07, 6.45) is 3.22. The van der Waals surface area contributed by atoms with E-state index in [0.717, 1.165) is 22.3 Å². The first-order valence-electron chi connectivity index (χ1n) is 10.6. The van der Waals surface area contributed by atoms with Crippen LogP contribution in [0.3, 0.4) is 0 Å². The lowest BCUT2D eigenvalue weighted by Gasteiger charge is -2.45. The van der Waals surface area contributed by atoms with Crippen LogP contribution in [0.2, 0.25) is 0 Å². The summed E-state index contributed by atoms with van der Waals surface area (Å²) in [6.45, 7) is 1.97. The van der Waals surface area contributed by atoms with E-state index < -0.39 is 12.1 Å².